The fourth-order valence-electron chi connectivity index (χ4n) is 1.35. The van der Waals surface area contributed by atoms with E-state index in [0.717, 1.165) is 0 Å². The zero-order valence-corrected chi connectivity index (χ0v) is 9.31. The lowest BCUT2D eigenvalue weighted by atomic mass is 9.80. The molecule has 0 atom stereocenters. The number of rotatable bonds is 4. The van der Waals surface area contributed by atoms with E-state index in [2.05, 4.69) is 4.72 Å². The van der Waals surface area contributed by atoms with Crippen molar-refractivity contribution in [3.63, 3.8) is 0 Å². The van der Waals surface area contributed by atoms with E-state index in [0.29, 0.717) is 24.0 Å². The fraction of sp³-hybridized carbons (Fsp3) is 0.333. The summed E-state index contributed by atoms with van der Waals surface area (Å²) in [7, 11) is -4.78. The summed E-state index contributed by atoms with van der Waals surface area (Å²) in [6.07, 6.45) is 1.42. The van der Waals surface area contributed by atoms with Gasteiger partial charge in [0, 0.05) is 5.69 Å². The van der Waals surface area contributed by atoms with Gasteiger partial charge in [-0.15, -0.1) is 0 Å². The molecule has 1 aromatic rings. The minimum atomic E-state index is -3.25. The maximum absolute atomic E-state index is 11.6. The fourth-order valence-corrected chi connectivity index (χ4v) is 2.74. The Kier molecular flexibility index (Phi) is 2.92. The summed E-state index contributed by atoms with van der Waals surface area (Å²) in [6, 6.07) is 5.95. The van der Waals surface area contributed by atoms with Gasteiger partial charge in [-0.3, -0.25) is 4.72 Å². The van der Waals surface area contributed by atoms with E-state index >= 15 is 0 Å². The molecule has 0 heterocycles. The summed E-state index contributed by atoms with van der Waals surface area (Å²) in [6.45, 7) is 0. The van der Waals surface area contributed by atoms with Crippen LogP contribution in [-0.4, -0.2) is 30.8 Å². The standard InChI is InChI=1S/C9H12BNO4S/c12-10(13)7-1-3-8(4-2-7)11-16(14,15)9-5-6-9/h1-4,9,11-13H,5-6H2. The van der Waals surface area contributed by atoms with Gasteiger partial charge in [0.1, 0.15) is 0 Å². The molecule has 0 aromatic heterocycles. The Morgan fingerprint density at radius 2 is 1.75 bits per heavy atom. The van der Waals surface area contributed by atoms with Crippen molar-refractivity contribution in [2.45, 2.75) is 18.1 Å². The van der Waals surface area contributed by atoms with Crippen LogP contribution in [0.15, 0.2) is 24.3 Å². The average Bonchev–Trinajstić information content (AvgIpc) is 3.01. The van der Waals surface area contributed by atoms with Gasteiger partial charge in [0.05, 0.1) is 5.25 Å². The number of hydrogen-bond donors (Lipinski definition) is 3. The highest BCUT2D eigenvalue weighted by atomic mass is 32.2. The Morgan fingerprint density at radius 3 is 2.19 bits per heavy atom. The van der Waals surface area contributed by atoms with Gasteiger partial charge in [0.2, 0.25) is 10.0 Å². The number of hydrogen-bond acceptors (Lipinski definition) is 4. The predicted octanol–water partition coefficient (Wildman–Crippen LogP) is -0.730. The minimum absolute atomic E-state index is 0.268. The lowest BCUT2D eigenvalue weighted by Crippen LogP contribution is -2.29. The van der Waals surface area contributed by atoms with Gasteiger partial charge in [-0.1, -0.05) is 12.1 Å². The Bertz CT molecular complexity index is 467. The smallest absolute Gasteiger partial charge is 0.423 e. The van der Waals surface area contributed by atoms with E-state index in [1.165, 1.54) is 24.3 Å². The van der Waals surface area contributed by atoms with Crippen LogP contribution in [0, 0.1) is 0 Å². The monoisotopic (exact) mass is 241 g/mol. The van der Waals surface area contributed by atoms with E-state index in [1.54, 1.807) is 0 Å². The molecule has 1 aliphatic rings. The van der Waals surface area contributed by atoms with E-state index < -0.39 is 17.1 Å². The average molecular weight is 241 g/mol. The van der Waals surface area contributed by atoms with Gasteiger partial charge in [0.25, 0.3) is 0 Å². The number of sulfonamides is 1. The molecule has 3 N–H and O–H groups in total. The SMILES string of the molecule is O=S(=O)(Nc1ccc(B(O)O)cc1)C1CC1. The molecule has 2 rings (SSSR count). The first-order valence-electron chi connectivity index (χ1n) is 4.97. The van der Waals surface area contributed by atoms with Crippen LogP contribution in [0.3, 0.4) is 0 Å². The third-order valence-corrected chi connectivity index (χ3v) is 4.30. The summed E-state index contributed by atoms with van der Waals surface area (Å²) < 4.78 is 25.6. The molecule has 16 heavy (non-hydrogen) atoms. The quantitative estimate of drug-likeness (QED) is 0.606. The second kappa shape index (κ2) is 4.08. The van der Waals surface area contributed by atoms with Crippen molar-refractivity contribution in [3.05, 3.63) is 24.3 Å². The molecule has 0 radical (unpaired) electrons. The van der Waals surface area contributed by atoms with Crippen molar-refractivity contribution >= 4 is 28.3 Å². The Labute approximate surface area is 94.3 Å². The molecular formula is C9H12BNO4S. The highest BCUT2D eigenvalue weighted by Crippen LogP contribution is 2.29. The topological polar surface area (TPSA) is 86.6 Å². The molecular weight excluding hydrogens is 229 g/mol. The molecule has 0 amide bonds. The molecule has 1 aromatic carbocycles. The molecule has 5 nitrogen and oxygen atoms in total. The zero-order valence-electron chi connectivity index (χ0n) is 8.50. The van der Waals surface area contributed by atoms with E-state index in [-0.39, 0.29) is 5.25 Å². The molecule has 1 aliphatic carbocycles. The Balaban J connectivity index is 2.10. The van der Waals surface area contributed by atoms with Crippen molar-refractivity contribution in [2.75, 3.05) is 4.72 Å². The van der Waals surface area contributed by atoms with Gasteiger partial charge < -0.3 is 10.0 Å². The molecule has 1 saturated carbocycles. The van der Waals surface area contributed by atoms with Crippen molar-refractivity contribution < 1.29 is 18.5 Å². The Morgan fingerprint density at radius 1 is 1.19 bits per heavy atom. The lowest BCUT2D eigenvalue weighted by Gasteiger charge is -2.07. The van der Waals surface area contributed by atoms with E-state index in [9.17, 15) is 8.42 Å². The highest BCUT2D eigenvalue weighted by Gasteiger charge is 2.35. The molecule has 0 unspecified atom stereocenters. The lowest BCUT2D eigenvalue weighted by molar-refractivity contribution is 0.426. The summed E-state index contributed by atoms with van der Waals surface area (Å²) in [5.41, 5.74) is 0.769. The van der Waals surface area contributed by atoms with Crippen LogP contribution in [0.25, 0.3) is 0 Å². The van der Waals surface area contributed by atoms with Crippen LogP contribution in [-0.2, 0) is 10.0 Å². The van der Waals surface area contributed by atoms with Crippen molar-refractivity contribution in [1.29, 1.82) is 0 Å². The maximum Gasteiger partial charge on any atom is 0.488 e. The number of nitrogens with one attached hydrogen (secondary N) is 1. The Hall–Kier alpha value is -1.05. The summed E-state index contributed by atoms with van der Waals surface area (Å²) in [5, 5.41) is 17.5. The highest BCUT2D eigenvalue weighted by molar-refractivity contribution is 7.93. The van der Waals surface area contributed by atoms with Gasteiger partial charge in [0.15, 0.2) is 0 Å². The predicted molar refractivity (Wildman–Crippen MR) is 61.8 cm³/mol. The molecule has 0 bridgehead atoms. The number of anilines is 1. The first-order chi connectivity index (χ1) is 7.49. The van der Waals surface area contributed by atoms with Crippen LogP contribution in [0.2, 0.25) is 0 Å². The van der Waals surface area contributed by atoms with Crippen LogP contribution in [0.4, 0.5) is 5.69 Å². The third kappa shape index (κ3) is 2.55. The van der Waals surface area contributed by atoms with E-state index in [4.69, 9.17) is 10.0 Å². The van der Waals surface area contributed by atoms with Gasteiger partial charge in [-0.25, -0.2) is 8.42 Å². The van der Waals surface area contributed by atoms with Crippen LogP contribution in [0.5, 0.6) is 0 Å². The first kappa shape index (κ1) is 11.4. The molecule has 0 aliphatic heterocycles. The largest absolute Gasteiger partial charge is 0.488 e. The summed E-state index contributed by atoms with van der Waals surface area (Å²) >= 11 is 0. The van der Waals surface area contributed by atoms with Crippen molar-refractivity contribution in [1.82, 2.24) is 0 Å². The van der Waals surface area contributed by atoms with Gasteiger partial charge in [-0.05, 0) is 30.4 Å². The van der Waals surface area contributed by atoms with E-state index in [1.807, 2.05) is 0 Å². The number of benzene rings is 1. The van der Waals surface area contributed by atoms with Crippen LogP contribution < -0.4 is 10.2 Å². The normalized spacial score (nSPS) is 15.9. The van der Waals surface area contributed by atoms with Crippen molar-refractivity contribution in [2.24, 2.45) is 0 Å². The molecule has 0 spiro atoms. The van der Waals surface area contributed by atoms with Crippen LogP contribution >= 0.6 is 0 Å². The summed E-state index contributed by atoms with van der Waals surface area (Å²) in [4.78, 5) is 0. The van der Waals surface area contributed by atoms with Crippen molar-refractivity contribution in [3.8, 4) is 0 Å². The first-order valence-corrected chi connectivity index (χ1v) is 6.51. The second-order valence-electron chi connectivity index (χ2n) is 3.84. The van der Waals surface area contributed by atoms with Gasteiger partial charge >= 0.3 is 7.12 Å². The third-order valence-electron chi connectivity index (χ3n) is 2.43. The molecule has 1 fully saturated rings. The molecule has 7 heteroatoms. The molecule has 0 saturated heterocycles. The minimum Gasteiger partial charge on any atom is -0.423 e. The maximum atomic E-state index is 11.6. The molecule has 86 valence electrons. The van der Waals surface area contributed by atoms with Gasteiger partial charge in [-0.2, -0.15) is 0 Å². The van der Waals surface area contributed by atoms with Crippen LogP contribution in [0.1, 0.15) is 12.8 Å². The zero-order chi connectivity index (χ0) is 11.8. The second-order valence-corrected chi connectivity index (χ2v) is 5.80. The summed E-state index contributed by atoms with van der Waals surface area (Å²) in [5.74, 6) is 0.